The Morgan fingerprint density at radius 3 is 1.04 bits per heavy atom. The minimum atomic E-state index is -2.64. The van der Waals surface area contributed by atoms with Crippen LogP contribution >= 0.6 is 7.49 Å². The largest absolute Gasteiger partial charge is 0.239 e. The lowest BCUT2D eigenvalue weighted by atomic mass is 10.2. The minimum Gasteiger partial charge on any atom is -0.235 e. The summed E-state index contributed by atoms with van der Waals surface area (Å²) in [4.78, 5) is 12.1. The molecule has 1 N–H and O–H groups in total. The molecule has 2 heteroatoms. The molecule has 1 nitrogen and oxygen atoms in total. The van der Waals surface area contributed by atoms with Crippen LogP contribution in [0.1, 0.15) is 16.7 Å². The molecule has 3 rings (SSSR count). The van der Waals surface area contributed by atoms with E-state index in [1.54, 1.807) is 0 Å². The summed E-state index contributed by atoms with van der Waals surface area (Å²) in [5.41, 5.74) is 3.40. The minimum absolute atomic E-state index is 1.05. The third-order valence-corrected chi connectivity index (χ3v) is 7.99. The van der Waals surface area contributed by atoms with Crippen molar-refractivity contribution in [3.05, 3.63) is 89.5 Å². The van der Waals surface area contributed by atoms with Crippen LogP contribution in [0.4, 0.5) is 0 Å². The van der Waals surface area contributed by atoms with Gasteiger partial charge in [0.05, 0.1) is 0 Å². The van der Waals surface area contributed by atoms with Gasteiger partial charge in [-0.05, 0) is 55.7 Å². The van der Waals surface area contributed by atoms with Crippen LogP contribution in [0.2, 0.25) is 0 Å². The van der Waals surface area contributed by atoms with E-state index in [-0.39, 0.29) is 0 Å². The summed E-state index contributed by atoms with van der Waals surface area (Å²) >= 11 is 0. The van der Waals surface area contributed by atoms with Crippen LogP contribution in [0.25, 0.3) is 0 Å². The van der Waals surface area contributed by atoms with Crippen LogP contribution in [0.15, 0.2) is 72.8 Å². The summed E-state index contributed by atoms with van der Waals surface area (Å²) in [7, 11) is -2.64. The Morgan fingerprint density at radius 1 is 0.522 bits per heavy atom. The van der Waals surface area contributed by atoms with E-state index in [9.17, 15) is 4.89 Å². The van der Waals surface area contributed by atoms with Crippen molar-refractivity contribution in [3.8, 4) is 0 Å². The highest BCUT2D eigenvalue weighted by Gasteiger charge is 2.47. The van der Waals surface area contributed by atoms with E-state index < -0.39 is 7.49 Å². The zero-order valence-corrected chi connectivity index (χ0v) is 14.7. The molecule has 0 unspecified atom stereocenters. The maximum Gasteiger partial charge on any atom is 0.239 e. The fourth-order valence-corrected chi connectivity index (χ4v) is 6.61. The topological polar surface area (TPSA) is 20.2 Å². The zero-order chi connectivity index (χ0) is 16.4. The van der Waals surface area contributed by atoms with Crippen LogP contribution in [0.3, 0.4) is 0 Å². The summed E-state index contributed by atoms with van der Waals surface area (Å²) in [5, 5.41) is 3.14. The molecule has 0 atom stereocenters. The molecule has 0 spiro atoms. The van der Waals surface area contributed by atoms with E-state index in [2.05, 4.69) is 57.2 Å². The molecule has 0 fully saturated rings. The first-order valence-corrected chi connectivity index (χ1v) is 9.59. The summed E-state index contributed by atoms with van der Waals surface area (Å²) in [6.07, 6.45) is 0. The van der Waals surface area contributed by atoms with Gasteiger partial charge in [0.2, 0.25) is 7.49 Å². The molecule has 3 aromatic rings. The van der Waals surface area contributed by atoms with Crippen molar-refractivity contribution in [1.29, 1.82) is 0 Å². The number of rotatable bonds is 3. The van der Waals surface area contributed by atoms with Gasteiger partial charge in [0.15, 0.2) is 0 Å². The Kier molecular flexibility index (Phi) is 4.35. The van der Waals surface area contributed by atoms with Crippen LogP contribution in [0.5, 0.6) is 0 Å². The monoisotopic (exact) mass is 321 g/mol. The van der Waals surface area contributed by atoms with Crippen LogP contribution < -0.4 is 15.9 Å². The Balaban J connectivity index is 2.38. The van der Waals surface area contributed by atoms with Gasteiger partial charge in [-0.3, -0.25) is 0 Å². The maximum absolute atomic E-state index is 12.1. The fourth-order valence-electron chi connectivity index (χ4n) is 3.17. The number of hydrogen-bond donors (Lipinski definition) is 1. The standard InChI is InChI=1S/C21H22OP/c1-16-10-4-7-13-19(16)23(22,20-14-8-5-11-17(20)2)21-15-9-6-12-18(21)3/h4-15,22H,1-3H3/q+1. The summed E-state index contributed by atoms with van der Waals surface area (Å²) in [6.45, 7) is 6.24. The summed E-state index contributed by atoms with van der Waals surface area (Å²) < 4.78 is 0. The molecule has 0 amide bonds. The number of benzene rings is 3. The number of hydrogen-bond acceptors (Lipinski definition) is 1. The molecule has 0 aliphatic carbocycles. The fraction of sp³-hybridized carbons (Fsp3) is 0.143. The molecular weight excluding hydrogens is 299 g/mol. The second kappa shape index (κ2) is 6.28. The zero-order valence-electron chi connectivity index (χ0n) is 13.8. The van der Waals surface area contributed by atoms with Gasteiger partial charge in [0.1, 0.15) is 15.9 Å². The Hall–Kier alpha value is -1.95. The molecule has 116 valence electrons. The van der Waals surface area contributed by atoms with Crippen molar-refractivity contribution in [2.45, 2.75) is 20.8 Å². The van der Waals surface area contributed by atoms with E-state index in [1.165, 1.54) is 0 Å². The highest BCUT2D eigenvalue weighted by molar-refractivity contribution is 7.91. The van der Waals surface area contributed by atoms with Gasteiger partial charge in [-0.1, -0.05) is 54.6 Å². The molecular formula is C21H22OP+. The van der Waals surface area contributed by atoms with E-state index in [0.29, 0.717) is 0 Å². The van der Waals surface area contributed by atoms with Gasteiger partial charge in [-0.25, -0.2) is 4.89 Å². The predicted molar refractivity (Wildman–Crippen MR) is 102 cm³/mol. The van der Waals surface area contributed by atoms with E-state index in [0.717, 1.165) is 32.6 Å². The van der Waals surface area contributed by atoms with Gasteiger partial charge < -0.3 is 0 Å². The molecule has 0 aliphatic rings. The first-order valence-electron chi connectivity index (χ1n) is 7.85. The normalized spacial score (nSPS) is 11.5. The average molecular weight is 321 g/mol. The molecule has 3 aromatic carbocycles. The third kappa shape index (κ3) is 2.72. The number of aryl methyl sites for hydroxylation is 3. The smallest absolute Gasteiger partial charge is 0.235 e. The Morgan fingerprint density at radius 2 is 0.783 bits per heavy atom. The van der Waals surface area contributed by atoms with Gasteiger partial charge in [0.25, 0.3) is 0 Å². The molecule has 0 saturated carbocycles. The van der Waals surface area contributed by atoms with Gasteiger partial charge in [-0.15, -0.1) is 0 Å². The Labute approximate surface area is 139 Å². The van der Waals surface area contributed by atoms with Crippen molar-refractivity contribution >= 4 is 23.4 Å². The first-order chi connectivity index (χ1) is 11.0. The molecule has 0 aliphatic heterocycles. The third-order valence-electron chi connectivity index (χ3n) is 4.39. The lowest BCUT2D eigenvalue weighted by molar-refractivity contribution is 0.632. The molecule has 0 radical (unpaired) electrons. The summed E-state index contributed by atoms with van der Waals surface area (Å²) in [5.74, 6) is 0. The van der Waals surface area contributed by atoms with Crippen LogP contribution in [-0.4, -0.2) is 4.89 Å². The lowest BCUT2D eigenvalue weighted by Gasteiger charge is -2.24. The SMILES string of the molecule is Cc1ccccc1[P+](O)(c1ccccc1C)c1ccccc1C. The van der Waals surface area contributed by atoms with Gasteiger partial charge in [0, 0.05) is 0 Å². The van der Waals surface area contributed by atoms with Crippen molar-refractivity contribution in [2.75, 3.05) is 0 Å². The first kappa shape index (κ1) is 15.9. The molecule has 0 saturated heterocycles. The van der Waals surface area contributed by atoms with E-state index in [1.807, 2.05) is 36.4 Å². The van der Waals surface area contributed by atoms with Crippen molar-refractivity contribution in [3.63, 3.8) is 0 Å². The highest BCUT2D eigenvalue weighted by Crippen LogP contribution is 2.53. The second-order valence-electron chi connectivity index (χ2n) is 5.99. The van der Waals surface area contributed by atoms with Crippen molar-refractivity contribution < 1.29 is 4.89 Å². The van der Waals surface area contributed by atoms with Crippen molar-refractivity contribution in [2.24, 2.45) is 0 Å². The predicted octanol–water partition coefficient (Wildman–Crippen LogP) is 3.81. The van der Waals surface area contributed by atoms with E-state index in [4.69, 9.17) is 0 Å². The van der Waals surface area contributed by atoms with Crippen molar-refractivity contribution in [1.82, 2.24) is 0 Å². The second-order valence-corrected chi connectivity index (χ2v) is 8.71. The molecule has 0 aromatic heterocycles. The Bertz CT molecular complexity index is 728. The quantitative estimate of drug-likeness (QED) is 0.727. The van der Waals surface area contributed by atoms with Gasteiger partial charge >= 0.3 is 0 Å². The molecule has 23 heavy (non-hydrogen) atoms. The van der Waals surface area contributed by atoms with Crippen LogP contribution in [-0.2, 0) is 0 Å². The maximum atomic E-state index is 12.1. The highest BCUT2D eigenvalue weighted by atomic mass is 31.2. The average Bonchev–Trinajstić information content (AvgIpc) is 2.55. The summed E-state index contributed by atoms with van der Waals surface area (Å²) in [6, 6.07) is 24.6. The van der Waals surface area contributed by atoms with Gasteiger partial charge in [-0.2, -0.15) is 0 Å². The molecule has 0 bridgehead atoms. The molecule has 0 heterocycles. The lowest BCUT2D eigenvalue weighted by Crippen LogP contribution is -2.34. The van der Waals surface area contributed by atoms with Crippen LogP contribution in [0, 0.1) is 20.8 Å². The van der Waals surface area contributed by atoms with E-state index >= 15 is 0 Å².